The Hall–Kier alpha value is -1.18. The Morgan fingerprint density at radius 1 is 1.28 bits per heavy atom. The van der Waals surface area contributed by atoms with Crippen molar-refractivity contribution in [3.05, 3.63) is 35.6 Å². The van der Waals surface area contributed by atoms with Gasteiger partial charge in [0.25, 0.3) is 0 Å². The summed E-state index contributed by atoms with van der Waals surface area (Å²) in [6.07, 6.45) is 6.18. The van der Waals surface area contributed by atoms with Crippen LogP contribution in [-0.4, -0.2) is 5.78 Å². The smallest absolute Gasteiger partial charge is 0.140 e. The quantitative estimate of drug-likeness (QED) is 0.782. The van der Waals surface area contributed by atoms with Gasteiger partial charge >= 0.3 is 0 Å². The number of carbonyl (C=O) groups is 1. The number of carbonyl (C=O) groups excluding carboxylic acids is 1. The summed E-state index contributed by atoms with van der Waals surface area (Å²) < 4.78 is 12.8. The van der Waals surface area contributed by atoms with Crippen molar-refractivity contribution in [2.45, 2.75) is 45.4 Å². The van der Waals surface area contributed by atoms with Crippen LogP contribution in [0.25, 0.3) is 0 Å². The largest absolute Gasteiger partial charge is 0.299 e. The highest BCUT2D eigenvalue weighted by Gasteiger charge is 2.25. The third kappa shape index (κ3) is 3.41. The Morgan fingerprint density at radius 3 is 2.67 bits per heavy atom. The molecule has 1 saturated carbocycles. The Bertz CT molecular complexity index is 396. The van der Waals surface area contributed by atoms with Crippen molar-refractivity contribution >= 4 is 5.78 Å². The minimum atomic E-state index is -0.241. The van der Waals surface area contributed by atoms with Gasteiger partial charge in [0.1, 0.15) is 11.6 Å². The van der Waals surface area contributed by atoms with Gasteiger partial charge in [-0.25, -0.2) is 4.39 Å². The second-order valence-electron chi connectivity index (χ2n) is 5.41. The molecule has 2 unspecified atom stereocenters. The molecule has 1 nitrogen and oxygen atoms in total. The molecule has 18 heavy (non-hydrogen) atoms. The molecule has 2 rings (SSSR count). The summed E-state index contributed by atoms with van der Waals surface area (Å²) >= 11 is 0. The topological polar surface area (TPSA) is 17.1 Å². The predicted molar refractivity (Wildman–Crippen MR) is 70.9 cm³/mol. The number of Topliss-reactive ketones (excluding diaryl/α,β-unsaturated/α-hetero) is 1. The van der Waals surface area contributed by atoms with E-state index in [0.29, 0.717) is 12.2 Å². The minimum Gasteiger partial charge on any atom is -0.299 e. The average Bonchev–Trinajstić information content (AvgIpc) is 2.41. The van der Waals surface area contributed by atoms with Gasteiger partial charge < -0.3 is 0 Å². The summed E-state index contributed by atoms with van der Waals surface area (Å²) in [4.78, 5) is 12.2. The van der Waals surface area contributed by atoms with Gasteiger partial charge in [0.2, 0.25) is 0 Å². The Kier molecular flexibility index (Phi) is 4.51. The van der Waals surface area contributed by atoms with E-state index >= 15 is 0 Å². The molecule has 0 radical (unpaired) electrons. The lowest BCUT2D eigenvalue weighted by Gasteiger charge is -2.27. The van der Waals surface area contributed by atoms with Crippen molar-refractivity contribution < 1.29 is 9.18 Å². The lowest BCUT2D eigenvalue weighted by atomic mass is 9.77. The summed E-state index contributed by atoms with van der Waals surface area (Å²) in [5, 5.41) is 0. The van der Waals surface area contributed by atoms with Crippen molar-refractivity contribution in [3.8, 4) is 0 Å². The Morgan fingerprint density at radius 2 is 2.00 bits per heavy atom. The van der Waals surface area contributed by atoms with Crippen molar-refractivity contribution in [1.82, 2.24) is 0 Å². The van der Waals surface area contributed by atoms with Gasteiger partial charge in [0.05, 0.1) is 0 Å². The van der Waals surface area contributed by atoms with E-state index in [1.54, 1.807) is 12.1 Å². The second kappa shape index (κ2) is 6.12. The molecule has 0 aromatic heterocycles. The van der Waals surface area contributed by atoms with Gasteiger partial charge in [-0.05, 0) is 36.5 Å². The van der Waals surface area contributed by atoms with E-state index in [1.165, 1.54) is 31.4 Å². The van der Waals surface area contributed by atoms with E-state index in [2.05, 4.69) is 6.92 Å². The highest BCUT2D eigenvalue weighted by molar-refractivity contribution is 5.83. The molecule has 0 spiro atoms. The van der Waals surface area contributed by atoms with Crippen molar-refractivity contribution in [2.75, 3.05) is 0 Å². The molecular formula is C16H21FO. The number of halogens is 1. The fourth-order valence-electron chi connectivity index (χ4n) is 2.90. The summed E-state index contributed by atoms with van der Waals surface area (Å²) in [7, 11) is 0. The van der Waals surface area contributed by atoms with Gasteiger partial charge in [-0.15, -0.1) is 0 Å². The van der Waals surface area contributed by atoms with E-state index in [4.69, 9.17) is 0 Å². The number of hydrogen-bond donors (Lipinski definition) is 0. The fraction of sp³-hybridized carbons (Fsp3) is 0.562. The molecule has 2 atom stereocenters. The summed E-state index contributed by atoms with van der Waals surface area (Å²) in [6, 6.07) is 6.29. The Labute approximate surface area is 108 Å². The van der Waals surface area contributed by atoms with Crippen LogP contribution < -0.4 is 0 Å². The summed E-state index contributed by atoms with van der Waals surface area (Å²) in [5.74, 6) is 1.05. The van der Waals surface area contributed by atoms with Crippen LogP contribution in [0.1, 0.15) is 44.6 Å². The molecule has 0 saturated heterocycles. The van der Waals surface area contributed by atoms with Crippen LogP contribution >= 0.6 is 0 Å². The molecule has 0 aliphatic heterocycles. The fourth-order valence-corrected chi connectivity index (χ4v) is 2.90. The lowest BCUT2D eigenvalue weighted by molar-refractivity contribution is -0.123. The average molecular weight is 248 g/mol. The molecule has 98 valence electrons. The van der Waals surface area contributed by atoms with Crippen molar-refractivity contribution in [2.24, 2.45) is 11.8 Å². The van der Waals surface area contributed by atoms with Gasteiger partial charge in [0.15, 0.2) is 0 Å². The van der Waals surface area contributed by atoms with Gasteiger partial charge in [-0.2, -0.15) is 0 Å². The molecular weight excluding hydrogens is 227 g/mol. The van der Waals surface area contributed by atoms with E-state index in [1.807, 2.05) is 0 Å². The van der Waals surface area contributed by atoms with Crippen LogP contribution in [-0.2, 0) is 11.2 Å². The third-order valence-corrected chi connectivity index (χ3v) is 4.11. The first-order valence-electron chi connectivity index (χ1n) is 6.96. The molecule has 2 heteroatoms. The first kappa shape index (κ1) is 13.3. The molecule has 0 heterocycles. The van der Waals surface area contributed by atoms with E-state index < -0.39 is 0 Å². The van der Waals surface area contributed by atoms with Crippen LogP contribution in [0.15, 0.2) is 24.3 Å². The molecule has 1 aliphatic carbocycles. The maximum absolute atomic E-state index is 12.8. The maximum Gasteiger partial charge on any atom is 0.140 e. The number of benzene rings is 1. The number of rotatable bonds is 4. The van der Waals surface area contributed by atoms with E-state index in [9.17, 15) is 9.18 Å². The standard InChI is InChI=1S/C16H21FO/c1-2-12-4-3-5-14(10-12)16(18)11-13-6-8-15(17)9-7-13/h6-9,12,14H,2-5,10-11H2,1H3. The first-order chi connectivity index (χ1) is 8.69. The van der Waals surface area contributed by atoms with Crippen LogP contribution in [0.4, 0.5) is 4.39 Å². The predicted octanol–water partition coefficient (Wildman–Crippen LogP) is 4.15. The minimum absolute atomic E-state index is 0.230. The zero-order valence-electron chi connectivity index (χ0n) is 11.0. The van der Waals surface area contributed by atoms with Gasteiger partial charge in [0, 0.05) is 12.3 Å². The second-order valence-corrected chi connectivity index (χ2v) is 5.41. The monoisotopic (exact) mass is 248 g/mol. The zero-order chi connectivity index (χ0) is 13.0. The third-order valence-electron chi connectivity index (χ3n) is 4.11. The van der Waals surface area contributed by atoms with E-state index in [-0.39, 0.29) is 11.7 Å². The zero-order valence-corrected chi connectivity index (χ0v) is 11.0. The highest BCUT2D eigenvalue weighted by Crippen LogP contribution is 2.32. The van der Waals surface area contributed by atoms with Crippen LogP contribution in [0.5, 0.6) is 0 Å². The van der Waals surface area contributed by atoms with E-state index in [0.717, 1.165) is 24.3 Å². The molecule has 1 aromatic carbocycles. The summed E-state index contributed by atoms with van der Waals surface area (Å²) in [5.41, 5.74) is 0.931. The molecule has 0 amide bonds. The maximum atomic E-state index is 12.8. The van der Waals surface area contributed by atoms with Crippen molar-refractivity contribution in [3.63, 3.8) is 0 Å². The molecule has 1 aliphatic rings. The normalized spacial score (nSPS) is 23.9. The lowest BCUT2D eigenvalue weighted by Crippen LogP contribution is -2.24. The SMILES string of the molecule is CCC1CCCC(C(=O)Cc2ccc(F)cc2)C1. The Balaban J connectivity index is 1.93. The highest BCUT2D eigenvalue weighted by atomic mass is 19.1. The van der Waals surface area contributed by atoms with Crippen molar-refractivity contribution in [1.29, 1.82) is 0 Å². The van der Waals surface area contributed by atoms with Gasteiger partial charge in [-0.1, -0.05) is 38.3 Å². The number of hydrogen-bond acceptors (Lipinski definition) is 1. The molecule has 0 bridgehead atoms. The molecule has 0 N–H and O–H groups in total. The number of ketones is 1. The van der Waals surface area contributed by atoms with Crippen LogP contribution in [0.3, 0.4) is 0 Å². The van der Waals surface area contributed by atoms with Crippen LogP contribution in [0.2, 0.25) is 0 Å². The summed E-state index contributed by atoms with van der Waals surface area (Å²) in [6.45, 7) is 2.21. The van der Waals surface area contributed by atoms with Crippen LogP contribution in [0, 0.1) is 17.7 Å². The molecule has 1 fully saturated rings. The van der Waals surface area contributed by atoms with Gasteiger partial charge in [-0.3, -0.25) is 4.79 Å². The molecule has 1 aromatic rings. The first-order valence-corrected chi connectivity index (χ1v) is 6.96.